The molecule has 0 fully saturated rings. The third-order valence-electron chi connectivity index (χ3n) is 3.53. The average Bonchev–Trinajstić information content (AvgIpc) is 2.50. The van der Waals surface area contributed by atoms with Gasteiger partial charge in [-0.3, -0.25) is 0 Å². The summed E-state index contributed by atoms with van der Waals surface area (Å²) >= 11 is 1.84. The fourth-order valence-electron chi connectivity index (χ4n) is 2.49. The average molecular weight is 293 g/mol. The third-order valence-corrected chi connectivity index (χ3v) is 4.64. The van der Waals surface area contributed by atoms with E-state index in [9.17, 15) is 0 Å². The van der Waals surface area contributed by atoms with Crippen LogP contribution in [0, 0.1) is 6.92 Å². The fourth-order valence-corrected chi connectivity index (χ4v) is 3.47. The molecule has 0 saturated carbocycles. The van der Waals surface area contributed by atoms with Crippen molar-refractivity contribution in [2.24, 2.45) is 0 Å². The van der Waals surface area contributed by atoms with Crippen molar-refractivity contribution >= 4 is 22.5 Å². The van der Waals surface area contributed by atoms with Crippen molar-refractivity contribution in [2.45, 2.75) is 23.3 Å². The molecule has 0 amide bonds. The molecule has 1 N–H and O–H groups in total. The molecule has 0 aliphatic carbocycles. The molecule has 0 radical (unpaired) electrons. The van der Waals surface area contributed by atoms with Crippen molar-refractivity contribution in [1.29, 1.82) is 0 Å². The minimum atomic E-state index is 0.900. The van der Waals surface area contributed by atoms with E-state index in [4.69, 9.17) is 0 Å². The Morgan fingerprint density at radius 2 is 1.71 bits per heavy atom. The highest BCUT2D eigenvalue weighted by Gasteiger charge is 2.05. The Kier molecular flexibility index (Phi) is 4.28. The Morgan fingerprint density at radius 3 is 2.52 bits per heavy atom. The molecule has 0 unspecified atom stereocenters. The first-order valence-corrected chi connectivity index (χ1v) is 7.99. The zero-order valence-corrected chi connectivity index (χ0v) is 13.2. The van der Waals surface area contributed by atoms with Gasteiger partial charge in [-0.2, -0.15) is 0 Å². The van der Waals surface area contributed by atoms with Crippen LogP contribution in [0.5, 0.6) is 0 Å². The molecular formula is C19H19NS. The lowest BCUT2D eigenvalue weighted by molar-refractivity contribution is 0.802. The van der Waals surface area contributed by atoms with Crippen LogP contribution in [0.1, 0.15) is 11.1 Å². The Labute approximate surface area is 130 Å². The van der Waals surface area contributed by atoms with E-state index in [1.807, 2.05) is 18.8 Å². The van der Waals surface area contributed by atoms with E-state index >= 15 is 0 Å². The molecule has 0 aromatic heterocycles. The first-order valence-electron chi connectivity index (χ1n) is 7.17. The van der Waals surface area contributed by atoms with Crippen molar-refractivity contribution in [3.8, 4) is 0 Å². The largest absolute Gasteiger partial charge is 0.316 e. The third kappa shape index (κ3) is 3.29. The van der Waals surface area contributed by atoms with Crippen molar-refractivity contribution in [1.82, 2.24) is 5.32 Å². The van der Waals surface area contributed by atoms with Gasteiger partial charge in [-0.15, -0.1) is 0 Å². The summed E-state index contributed by atoms with van der Waals surface area (Å²) in [7, 11) is 1.99. The summed E-state index contributed by atoms with van der Waals surface area (Å²) in [5.74, 6) is 0. The number of hydrogen-bond donors (Lipinski definition) is 1. The van der Waals surface area contributed by atoms with Gasteiger partial charge in [0.05, 0.1) is 0 Å². The smallest absolute Gasteiger partial charge is 0.0213 e. The molecule has 0 bridgehead atoms. The summed E-state index contributed by atoms with van der Waals surface area (Å²) in [6.45, 7) is 3.04. The molecule has 1 nitrogen and oxygen atoms in total. The van der Waals surface area contributed by atoms with Gasteiger partial charge < -0.3 is 5.32 Å². The van der Waals surface area contributed by atoms with Gasteiger partial charge in [0.2, 0.25) is 0 Å². The molecule has 0 saturated heterocycles. The molecule has 2 heteroatoms. The van der Waals surface area contributed by atoms with Crippen LogP contribution in [0.2, 0.25) is 0 Å². The second kappa shape index (κ2) is 6.33. The zero-order valence-electron chi connectivity index (χ0n) is 12.4. The summed E-state index contributed by atoms with van der Waals surface area (Å²) in [6.07, 6.45) is 0. The Morgan fingerprint density at radius 1 is 0.905 bits per heavy atom. The minimum Gasteiger partial charge on any atom is -0.316 e. The summed E-state index contributed by atoms with van der Waals surface area (Å²) in [5, 5.41) is 5.84. The lowest BCUT2D eigenvalue weighted by Gasteiger charge is -2.10. The highest BCUT2D eigenvalue weighted by atomic mass is 32.2. The maximum Gasteiger partial charge on any atom is 0.0213 e. The minimum absolute atomic E-state index is 0.900. The lowest BCUT2D eigenvalue weighted by Crippen LogP contribution is -2.06. The molecule has 0 atom stereocenters. The van der Waals surface area contributed by atoms with Gasteiger partial charge in [-0.25, -0.2) is 0 Å². The van der Waals surface area contributed by atoms with Crippen LogP contribution >= 0.6 is 11.8 Å². The van der Waals surface area contributed by atoms with Crippen molar-refractivity contribution in [3.05, 3.63) is 71.8 Å². The first-order chi connectivity index (χ1) is 10.3. The molecule has 106 valence electrons. The zero-order chi connectivity index (χ0) is 14.7. The molecule has 3 rings (SSSR count). The van der Waals surface area contributed by atoms with E-state index < -0.39 is 0 Å². The van der Waals surface area contributed by atoms with E-state index in [2.05, 4.69) is 72.9 Å². The van der Waals surface area contributed by atoms with E-state index in [1.165, 1.54) is 31.7 Å². The number of benzene rings is 3. The number of fused-ring (bicyclic) bond motifs is 1. The van der Waals surface area contributed by atoms with Gasteiger partial charge in [0.25, 0.3) is 0 Å². The molecule has 0 aliphatic heterocycles. The summed E-state index contributed by atoms with van der Waals surface area (Å²) < 4.78 is 0. The molecule has 0 spiro atoms. The normalized spacial score (nSPS) is 11.0. The Balaban J connectivity index is 1.94. The van der Waals surface area contributed by atoms with Crippen LogP contribution in [0.4, 0.5) is 0 Å². The Hall–Kier alpha value is -1.77. The summed E-state index contributed by atoms with van der Waals surface area (Å²) in [6, 6.07) is 21.8. The van der Waals surface area contributed by atoms with Crippen molar-refractivity contribution < 1.29 is 0 Å². The lowest BCUT2D eigenvalue weighted by atomic mass is 10.1. The molecular weight excluding hydrogens is 274 g/mol. The van der Waals surface area contributed by atoms with Crippen LogP contribution < -0.4 is 5.32 Å². The summed E-state index contributed by atoms with van der Waals surface area (Å²) in [5.41, 5.74) is 2.67. The van der Waals surface area contributed by atoms with E-state index in [-0.39, 0.29) is 0 Å². The number of hydrogen-bond acceptors (Lipinski definition) is 2. The van der Waals surface area contributed by atoms with Gasteiger partial charge in [0, 0.05) is 16.3 Å². The maximum atomic E-state index is 3.25. The second-order valence-corrected chi connectivity index (χ2v) is 6.37. The van der Waals surface area contributed by atoms with Gasteiger partial charge in [-0.1, -0.05) is 59.8 Å². The highest BCUT2D eigenvalue weighted by molar-refractivity contribution is 7.99. The Bertz CT molecular complexity index is 764. The van der Waals surface area contributed by atoms with Gasteiger partial charge >= 0.3 is 0 Å². The van der Waals surface area contributed by atoms with Crippen molar-refractivity contribution in [2.75, 3.05) is 7.05 Å². The molecule has 21 heavy (non-hydrogen) atoms. The van der Waals surface area contributed by atoms with Crippen LogP contribution in [-0.4, -0.2) is 7.05 Å². The van der Waals surface area contributed by atoms with Crippen LogP contribution in [0.3, 0.4) is 0 Å². The standard InChI is InChI=1S/C19H19NS/c1-14-7-10-19(17(11-14)13-20-2)21-18-9-8-15-5-3-4-6-16(15)12-18/h3-12,20H,13H2,1-2H3. The SMILES string of the molecule is CNCc1cc(C)ccc1Sc1ccc2ccccc2c1. The van der Waals surface area contributed by atoms with Crippen LogP contribution in [0.25, 0.3) is 10.8 Å². The molecule has 3 aromatic carbocycles. The van der Waals surface area contributed by atoms with Crippen LogP contribution in [-0.2, 0) is 6.54 Å². The van der Waals surface area contributed by atoms with Gasteiger partial charge in [-0.05, 0) is 48.5 Å². The molecule has 0 aliphatic rings. The van der Waals surface area contributed by atoms with E-state index in [0.29, 0.717) is 0 Å². The number of nitrogens with one attached hydrogen (secondary N) is 1. The van der Waals surface area contributed by atoms with E-state index in [1.54, 1.807) is 0 Å². The van der Waals surface area contributed by atoms with Crippen molar-refractivity contribution in [3.63, 3.8) is 0 Å². The number of rotatable bonds is 4. The molecule has 3 aromatic rings. The highest BCUT2D eigenvalue weighted by Crippen LogP contribution is 2.32. The topological polar surface area (TPSA) is 12.0 Å². The van der Waals surface area contributed by atoms with Gasteiger partial charge in [0.1, 0.15) is 0 Å². The van der Waals surface area contributed by atoms with Gasteiger partial charge in [0.15, 0.2) is 0 Å². The number of aryl methyl sites for hydroxylation is 1. The fraction of sp³-hybridized carbons (Fsp3) is 0.158. The quantitative estimate of drug-likeness (QED) is 0.725. The monoisotopic (exact) mass is 293 g/mol. The first kappa shape index (κ1) is 14.2. The van der Waals surface area contributed by atoms with E-state index in [0.717, 1.165) is 6.54 Å². The molecule has 0 heterocycles. The summed E-state index contributed by atoms with van der Waals surface area (Å²) in [4.78, 5) is 2.61. The maximum absolute atomic E-state index is 3.25. The van der Waals surface area contributed by atoms with Crippen LogP contribution in [0.15, 0.2) is 70.5 Å². The predicted molar refractivity (Wildman–Crippen MR) is 92.0 cm³/mol. The second-order valence-electron chi connectivity index (χ2n) is 5.25. The predicted octanol–water partition coefficient (Wildman–Crippen LogP) is 5.02.